The van der Waals surface area contributed by atoms with Crippen LogP contribution in [0.4, 0.5) is 0 Å². The maximum Gasteiger partial charge on any atom is 0.138 e. The molecule has 0 aliphatic carbocycles. The Morgan fingerprint density at radius 2 is 0.739 bits per heavy atom. The molecule has 3 nitrogen and oxygen atoms in total. The zero-order valence-electron chi connectivity index (χ0n) is 31.2. The van der Waals surface area contributed by atoms with Crippen molar-refractivity contribution in [2.75, 3.05) is 40.4 Å². The van der Waals surface area contributed by atoms with Crippen LogP contribution in [0.3, 0.4) is 0 Å². The molecule has 1 aliphatic heterocycles. The summed E-state index contributed by atoms with van der Waals surface area (Å²) < 4.78 is 13.8. The van der Waals surface area contributed by atoms with Gasteiger partial charge in [-0.05, 0) is 77.0 Å². The minimum absolute atomic E-state index is 0. The summed E-state index contributed by atoms with van der Waals surface area (Å²) in [5, 5.41) is 0. The van der Waals surface area contributed by atoms with Gasteiger partial charge >= 0.3 is 0 Å². The van der Waals surface area contributed by atoms with Crippen molar-refractivity contribution in [1.82, 2.24) is 0 Å². The molecule has 1 fully saturated rings. The zero-order valence-corrected chi connectivity index (χ0v) is 32.0. The molecule has 0 saturated carbocycles. The summed E-state index contributed by atoms with van der Waals surface area (Å²) in [7, 11) is 4.64. The summed E-state index contributed by atoms with van der Waals surface area (Å²) in [5.74, 6) is 0. The van der Waals surface area contributed by atoms with E-state index in [-0.39, 0.29) is 24.6 Å². The van der Waals surface area contributed by atoms with E-state index in [4.69, 9.17) is 9.47 Å². The highest BCUT2D eigenvalue weighted by Gasteiger charge is 2.41. The largest absolute Gasteiger partial charge is 1.00 e. The molecule has 0 amide bonds. The van der Waals surface area contributed by atoms with Crippen LogP contribution < -0.4 is 12.4 Å². The third-order valence-corrected chi connectivity index (χ3v) is 9.12. The van der Waals surface area contributed by atoms with Gasteiger partial charge in [0.25, 0.3) is 0 Å². The summed E-state index contributed by atoms with van der Waals surface area (Å²) in [6.45, 7) is 8.48. The second-order valence-electron chi connectivity index (χ2n) is 14.3. The summed E-state index contributed by atoms with van der Waals surface area (Å²) in [5.41, 5.74) is 0. The van der Waals surface area contributed by atoms with E-state index in [1.165, 1.54) is 141 Å². The van der Waals surface area contributed by atoms with Gasteiger partial charge in [-0.2, -0.15) is 0 Å². The molecule has 1 saturated heterocycles. The molecule has 46 heavy (non-hydrogen) atoms. The van der Waals surface area contributed by atoms with Gasteiger partial charge < -0.3 is 26.4 Å². The lowest BCUT2D eigenvalue weighted by molar-refractivity contribution is -0.880. The lowest BCUT2D eigenvalue weighted by Crippen LogP contribution is -3.00. The number of likely N-dealkylation sites (tertiary alicyclic amines) is 1. The number of hydrogen-bond acceptors (Lipinski definition) is 2. The maximum atomic E-state index is 6.39. The van der Waals surface area contributed by atoms with E-state index in [0.717, 1.165) is 43.6 Å². The second kappa shape index (κ2) is 34.0. The van der Waals surface area contributed by atoms with Crippen molar-refractivity contribution in [1.29, 1.82) is 0 Å². The van der Waals surface area contributed by atoms with Crippen molar-refractivity contribution in [3.63, 3.8) is 0 Å². The molecule has 1 aliphatic rings. The van der Waals surface area contributed by atoms with Crippen molar-refractivity contribution in [2.24, 2.45) is 0 Å². The lowest BCUT2D eigenvalue weighted by atomic mass is 10.1. The maximum absolute atomic E-state index is 6.39. The van der Waals surface area contributed by atoms with Crippen molar-refractivity contribution >= 4 is 0 Å². The Morgan fingerprint density at radius 3 is 1.09 bits per heavy atom. The first kappa shape index (κ1) is 45.1. The minimum atomic E-state index is 0. The fourth-order valence-corrected chi connectivity index (χ4v) is 6.25. The summed E-state index contributed by atoms with van der Waals surface area (Å²) in [4.78, 5) is 0. The highest BCUT2D eigenvalue weighted by Crippen LogP contribution is 2.22. The highest BCUT2D eigenvalue weighted by atomic mass is 35.5. The van der Waals surface area contributed by atoms with Gasteiger partial charge in [-0.15, -0.1) is 0 Å². The first-order valence-corrected chi connectivity index (χ1v) is 19.7. The first-order valence-electron chi connectivity index (χ1n) is 19.7. The monoisotopic (exact) mass is 664 g/mol. The number of allylic oxidation sites excluding steroid dienone is 8. The van der Waals surface area contributed by atoms with Crippen LogP contribution in [0.5, 0.6) is 0 Å². The summed E-state index contributed by atoms with van der Waals surface area (Å²) in [6, 6.07) is 0. The van der Waals surface area contributed by atoms with Gasteiger partial charge in [0.15, 0.2) is 0 Å². The molecule has 1 rings (SSSR count). The fourth-order valence-electron chi connectivity index (χ4n) is 6.25. The molecule has 0 aromatic rings. The van der Waals surface area contributed by atoms with E-state index < -0.39 is 0 Å². The highest BCUT2D eigenvalue weighted by molar-refractivity contribution is 4.93. The van der Waals surface area contributed by atoms with Crippen molar-refractivity contribution in [3.05, 3.63) is 48.6 Å². The Morgan fingerprint density at radius 1 is 0.435 bits per heavy atom. The molecular formula is C42H78ClNO2. The SMILES string of the molecule is CCCCCC=CCC=CCCCCCCCCO[C@@H]1C[N+](C)(C)C[C@H]1OCCCCCCCCC=CCC=CCCCCC.[Cl-]. The number of quaternary nitrogens is 1. The topological polar surface area (TPSA) is 18.5 Å². The molecule has 0 unspecified atom stereocenters. The number of halogens is 1. The number of nitrogens with zero attached hydrogens (tertiary/aromatic N) is 1. The number of likely N-dealkylation sites (N-methyl/N-ethyl adjacent to an activating group) is 1. The van der Waals surface area contributed by atoms with Gasteiger partial charge in [0, 0.05) is 13.2 Å². The molecule has 2 atom stereocenters. The fraction of sp³-hybridized carbons (Fsp3) is 0.810. The van der Waals surface area contributed by atoms with E-state index in [0.29, 0.717) is 0 Å². The van der Waals surface area contributed by atoms with Crippen LogP contribution in [0.15, 0.2) is 48.6 Å². The lowest BCUT2D eigenvalue weighted by Gasteiger charge is -2.22. The number of hydrogen-bond donors (Lipinski definition) is 0. The Balaban J connectivity index is 0.0000202. The predicted octanol–water partition coefficient (Wildman–Crippen LogP) is 9.48. The van der Waals surface area contributed by atoms with Crippen LogP contribution in [0.25, 0.3) is 0 Å². The Labute approximate surface area is 294 Å². The van der Waals surface area contributed by atoms with E-state index in [1.807, 2.05) is 0 Å². The van der Waals surface area contributed by atoms with Gasteiger partial charge in [-0.25, -0.2) is 0 Å². The molecule has 0 bridgehead atoms. The number of ether oxygens (including phenoxy) is 2. The number of rotatable bonds is 32. The normalized spacial score (nSPS) is 18.2. The molecule has 0 aromatic heterocycles. The average Bonchev–Trinajstić information content (AvgIpc) is 3.32. The zero-order chi connectivity index (χ0) is 32.5. The van der Waals surface area contributed by atoms with Crippen LogP contribution in [0, 0.1) is 0 Å². The predicted molar refractivity (Wildman–Crippen MR) is 200 cm³/mol. The summed E-state index contributed by atoms with van der Waals surface area (Å²) in [6.07, 6.45) is 50.3. The smallest absolute Gasteiger partial charge is 0.138 e. The van der Waals surface area contributed by atoms with Crippen LogP contribution >= 0.6 is 0 Å². The van der Waals surface area contributed by atoms with E-state index in [9.17, 15) is 0 Å². The minimum Gasteiger partial charge on any atom is -1.00 e. The molecule has 0 aromatic carbocycles. The summed E-state index contributed by atoms with van der Waals surface area (Å²) >= 11 is 0. The van der Waals surface area contributed by atoms with Crippen molar-refractivity contribution in [3.8, 4) is 0 Å². The second-order valence-corrected chi connectivity index (χ2v) is 14.3. The van der Waals surface area contributed by atoms with Crippen LogP contribution in [0.2, 0.25) is 0 Å². The van der Waals surface area contributed by atoms with Gasteiger partial charge in [-0.1, -0.05) is 140 Å². The Kier molecular flexibility index (Phi) is 33.4. The Bertz CT molecular complexity index is 684. The van der Waals surface area contributed by atoms with Crippen molar-refractivity contribution < 1.29 is 26.4 Å². The first-order chi connectivity index (χ1) is 22.1. The quantitative estimate of drug-likeness (QED) is 0.0406. The van der Waals surface area contributed by atoms with Gasteiger partial charge in [0.2, 0.25) is 0 Å². The van der Waals surface area contributed by atoms with E-state index >= 15 is 0 Å². The standard InChI is InChI=1S/C42H78NO2.ClH/c1-5-7-9-11-13-15-17-19-21-23-25-27-29-31-33-35-37-44-41-39-43(3,4)40-42(41)45-38-36-34-32-30-28-26-24-22-20-18-16-14-12-10-8-6-2;/h13-16,19-22,41-42H,5-12,17-18,23-40H2,1-4H3;1H/q+1;/p-1/t41-,42-;/m1./s1. The molecule has 4 heteroatoms. The molecule has 270 valence electrons. The third kappa shape index (κ3) is 29.3. The van der Waals surface area contributed by atoms with E-state index in [1.54, 1.807) is 0 Å². The molecule has 0 N–H and O–H groups in total. The third-order valence-electron chi connectivity index (χ3n) is 9.12. The van der Waals surface area contributed by atoms with Gasteiger partial charge in [0.05, 0.1) is 14.1 Å². The average molecular weight is 665 g/mol. The van der Waals surface area contributed by atoms with Crippen LogP contribution in [-0.4, -0.2) is 57.1 Å². The number of unbranched alkanes of at least 4 members (excludes halogenated alkanes) is 18. The molecular weight excluding hydrogens is 586 g/mol. The van der Waals surface area contributed by atoms with Crippen LogP contribution in [0.1, 0.15) is 168 Å². The molecule has 1 heterocycles. The molecule has 0 spiro atoms. The molecule has 0 radical (unpaired) electrons. The van der Waals surface area contributed by atoms with Crippen LogP contribution in [-0.2, 0) is 9.47 Å². The van der Waals surface area contributed by atoms with Crippen molar-refractivity contribution in [2.45, 2.75) is 180 Å². The Hall–Kier alpha value is -0.870. The van der Waals surface area contributed by atoms with E-state index in [2.05, 4.69) is 76.6 Å². The van der Waals surface area contributed by atoms with Gasteiger partial charge in [0.1, 0.15) is 25.3 Å². The van der Waals surface area contributed by atoms with Gasteiger partial charge in [-0.3, -0.25) is 0 Å².